The molecule has 0 aliphatic heterocycles. The van der Waals surface area contributed by atoms with E-state index in [1.54, 1.807) is 0 Å². The van der Waals surface area contributed by atoms with E-state index in [-0.39, 0.29) is 11.6 Å². The van der Waals surface area contributed by atoms with E-state index in [1.165, 1.54) is 51.0 Å². The predicted molar refractivity (Wildman–Crippen MR) is 68.7 cm³/mol. The number of rotatable bonds is 2. The molecule has 0 saturated heterocycles. The average Bonchev–Trinajstić information content (AvgIpc) is 2.45. The Morgan fingerprint density at radius 3 is 2.29 bits per heavy atom. The molecule has 3 aliphatic rings. The van der Waals surface area contributed by atoms with E-state index in [1.807, 2.05) is 0 Å². The molecule has 0 heterocycles. The summed E-state index contributed by atoms with van der Waals surface area (Å²) in [6, 6.07) is 0. The number of hydrogen-bond acceptors (Lipinski definition) is 2. The zero-order chi connectivity index (χ0) is 12.1. The van der Waals surface area contributed by atoms with E-state index in [4.69, 9.17) is 4.74 Å². The van der Waals surface area contributed by atoms with Crippen LogP contribution in [0, 0.1) is 5.92 Å². The van der Waals surface area contributed by atoms with Crippen LogP contribution >= 0.6 is 0 Å². The van der Waals surface area contributed by atoms with Gasteiger partial charge in [0.2, 0.25) is 0 Å². The van der Waals surface area contributed by atoms with E-state index in [9.17, 15) is 4.79 Å². The molecular weight excluding hydrogens is 212 g/mol. The lowest BCUT2D eigenvalue weighted by Crippen LogP contribution is -2.35. The van der Waals surface area contributed by atoms with Gasteiger partial charge in [-0.1, -0.05) is 32.3 Å². The first-order chi connectivity index (χ1) is 8.24. The highest BCUT2D eigenvalue weighted by Gasteiger charge is 2.35. The molecule has 0 aromatic heterocycles. The number of carbonyl (C=O) groups is 1. The largest absolute Gasteiger partial charge is 0.456 e. The van der Waals surface area contributed by atoms with E-state index in [0.717, 1.165) is 25.2 Å². The molecule has 0 amide bonds. The lowest BCUT2D eigenvalue weighted by molar-refractivity contribution is -0.156. The van der Waals surface area contributed by atoms with Gasteiger partial charge in [0, 0.05) is 6.08 Å². The molecule has 0 spiro atoms. The van der Waals surface area contributed by atoms with Gasteiger partial charge in [-0.25, -0.2) is 4.79 Å². The van der Waals surface area contributed by atoms with E-state index in [0.29, 0.717) is 0 Å². The van der Waals surface area contributed by atoms with Crippen LogP contribution in [0.15, 0.2) is 12.7 Å². The van der Waals surface area contributed by atoms with Crippen molar-refractivity contribution in [1.82, 2.24) is 0 Å². The Labute approximate surface area is 104 Å². The summed E-state index contributed by atoms with van der Waals surface area (Å²) in [5.74, 6) is 0.697. The van der Waals surface area contributed by atoms with Gasteiger partial charge < -0.3 is 4.74 Å². The molecule has 3 saturated carbocycles. The molecule has 17 heavy (non-hydrogen) atoms. The van der Waals surface area contributed by atoms with Crippen LogP contribution in [0.4, 0.5) is 0 Å². The molecule has 2 heteroatoms. The maximum Gasteiger partial charge on any atom is 0.330 e. The third kappa shape index (κ3) is 3.34. The molecule has 0 N–H and O–H groups in total. The van der Waals surface area contributed by atoms with Gasteiger partial charge in [0.05, 0.1) is 0 Å². The van der Waals surface area contributed by atoms with Crippen LogP contribution < -0.4 is 0 Å². The molecule has 3 rings (SSSR count). The number of ether oxygens (including phenoxy) is 1. The fourth-order valence-electron chi connectivity index (χ4n) is 3.52. The van der Waals surface area contributed by atoms with Crippen LogP contribution in [0.3, 0.4) is 0 Å². The Morgan fingerprint density at radius 2 is 1.65 bits per heavy atom. The zero-order valence-electron chi connectivity index (χ0n) is 10.7. The van der Waals surface area contributed by atoms with Gasteiger partial charge in [-0.15, -0.1) is 0 Å². The normalized spacial score (nSPS) is 34.0. The Balaban J connectivity index is 2.10. The third-order valence-electron chi connectivity index (χ3n) is 4.47. The highest BCUT2D eigenvalue weighted by molar-refractivity contribution is 5.81. The van der Waals surface area contributed by atoms with Gasteiger partial charge in [-0.3, -0.25) is 0 Å². The van der Waals surface area contributed by atoms with Crippen LogP contribution in [0.5, 0.6) is 0 Å². The Bertz CT molecular complexity index is 267. The molecule has 96 valence electrons. The number of carbonyl (C=O) groups excluding carboxylic acids is 1. The quantitative estimate of drug-likeness (QED) is 0.535. The zero-order valence-corrected chi connectivity index (χ0v) is 10.7. The lowest BCUT2D eigenvalue weighted by Gasteiger charge is -2.35. The summed E-state index contributed by atoms with van der Waals surface area (Å²) < 4.78 is 5.73. The van der Waals surface area contributed by atoms with Crippen LogP contribution in [0.1, 0.15) is 64.2 Å². The van der Waals surface area contributed by atoms with Crippen LogP contribution in [-0.2, 0) is 9.53 Å². The molecule has 0 aromatic carbocycles. The fourth-order valence-corrected chi connectivity index (χ4v) is 3.52. The van der Waals surface area contributed by atoms with Crippen molar-refractivity contribution in [3.8, 4) is 0 Å². The standard InChI is InChI=1S/C15H24O2/c1-2-14(16)17-15-10-4-3-7-13(8-5-11-15)9-6-12-15/h2,13H,1,3-12H2. The van der Waals surface area contributed by atoms with Crippen molar-refractivity contribution in [1.29, 1.82) is 0 Å². The summed E-state index contributed by atoms with van der Waals surface area (Å²) in [6.45, 7) is 3.51. The molecular formula is C15H24O2. The van der Waals surface area contributed by atoms with Gasteiger partial charge in [-0.2, -0.15) is 0 Å². The first-order valence-corrected chi connectivity index (χ1v) is 7.09. The highest BCUT2D eigenvalue weighted by atomic mass is 16.6. The third-order valence-corrected chi connectivity index (χ3v) is 4.47. The van der Waals surface area contributed by atoms with E-state index < -0.39 is 0 Å². The lowest BCUT2D eigenvalue weighted by atomic mass is 9.82. The van der Waals surface area contributed by atoms with Gasteiger partial charge in [0.15, 0.2) is 0 Å². The molecule has 0 atom stereocenters. The Hall–Kier alpha value is -0.790. The highest BCUT2D eigenvalue weighted by Crippen LogP contribution is 2.39. The van der Waals surface area contributed by atoms with Crippen LogP contribution in [0.2, 0.25) is 0 Å². The van der Waals surface area contributed by atoms with Crippen molar-refractivity contribution in [2.45, 2.75) is 69.8 Å². The number of fused-ring (bicyclic) bond motifs is 7. The predicted octanol–water partition coefficient (Wildman–Crippen LogP) is 4.00. The molecule has 3 aliphatic carbocycles. The monoisotopic (exact) mass is 236 g/mol. The number of hydrogen-bond donors (Lipinski definition) is 0. The van der Waals surface area contributed by atoms with Gasteiger partial charge in [0.1, 0.15) is 5.60 Å². The summed E-state index contributed by atoms with van der Waals surface area (Å²) in [7, 11) is 0. The van der Waals surface area contributed by atoms with Crippen molar-refractivity contribution < 1.29 is 9.53 Å². The minimum atomic E-state index is -0.235. The minimum Gasteiger partial charge on any atom is -0.456 e. The maximum atomic E-state index is 11.5. The second-order valence-electron chi connectivity index (χ2n) is 5.70. The van der Waals surface area contributed by atoms with E-state index >= 15 is 0 Å². The Kier molecular flexibility index (Phi) is 4.25. The smallest absolute Gasteiger partial charge is 0.330 e. The minimum absolute atomic E-state index is 0.166. The molecule has 2 bridgehead atoms. The summed E-state index contributed by atoms with van der Waals surface area (Å²) in [5.41, 5.74) is -0.166. The summed E-state index contributed by atoms with van der Waals surface area (Å²) >= 11 is 0. The molecule has 0 aromatic rings. The second-order valence-corrected chi connectivity index (χ2v) is 5.70. The first-order valence-electron chi connectivity index (χ1n) is 7.09. The fraction of sp³-hybridized carbons (Fsp3) is 0.800. The summed E-state index contributed by atoms with van der Waals surface area (Å²) in [4.78, 5) is 11.5. The molecule has 0 unspecified atom stereocenters. The van der Waals surface area contributed by atoms with Crippen molar-refractivity contribution in [2.75, 3.05) is 0 Å². The van der Waals surface area contributed by atoms with Crippen molar-refractivity contribution in [3.05, 3.63) is 12.7 Å². The van der Waals surface area contributed by atoms with Crippen LogP contribution in [-0.4, -0.2) is 11.6 Å². The van der Waals surface area contributed by atoms with Crippen molar-refractivity contribution in [3.63, 3.8) is 0 Å². The topological polar surface area (TPSA) is 26.3 Å². The Morgan fingerprint density at radius 1 is 1.06 bits per heavy atom. The van der Waals surface area contributed by atoms with Crippen LogP contribution in [0.25, 0.3) is 0 Å². The summed E-state index contributed by atoms with van der Waals surface area (Å²) in [5, 5.41) is 0. The summed E-state index contributed by atoms with van der Waals surface area (Å²) in [6.07, 6.45) is 13.5. The molecule has 0 radical (unpaired) electrons. The second kappa shape index (κ2) is 5.70. The van der Waals surface area contributed by atoms with Gasteiger partial charge in [0.25, 0.3) is 0 Å². The maximum absolute atomic E-state index is 11.5. The first kappa shape index (κ1) is 12.7. The molecule has 2 nitrogen and oxygen atoms in total. The SMILES string of the molecule is C=CC(=O)OC12CCCCC(CCC1)CCC2. The molecule has 3 fully saturated rings. The average molecular weight is 236 g/mol. The van der Waals surface area contributed by atoms with Gasteiger partial charge >= 0.3 is 5.97 Å². The van der Waals surface area contributed by atoms with Crippen molar-refractivity contribution in [2.24, 2.45) is 5.92 Å². The number of esters is 1. The van der Waals surface area contributed by atoms with Gasteiger partial charge in [-0.05, 0) is 44.4 Å². The van der Waals surface area contributed by atoms with E-state index in [2.05, 4.69) is 6.58 Å². The van der Waals surface area contributed by atoms with Crippen molar-refractivity contribution >= 4 is 5.97 Å².